The molecule has 1 saturated carbocycles. The summed E-state index contributed by atoms with van der Waals surface area (Å²) in [6, 6.07) is 16.5. The predicted octanol–water partition coefficient (Wildman–Crippen LogP) is 4.78. The van der Waals surface area contributed by atoms with E-state index in [1.807, 2.05) is 24.3 Å². The van der Waals surface area contributed by atoms with Crippen LogP contribution in [0.4, 0.5) is 0 Å². The average Bonchev–Trinajstić information content (AvgIpc) is 3.30. The van der Waals surface area contributed by atoms with E-state index in [1.165, 1.54) is 17.7 Å². The normalized spacial score (nSPS) is 15.7. The average molecular weight is 364 g/mol. The van der Waals surface area contributed by atoms with Crippen molar-refractivity contribution in [3.05, 3.63) is 58.6 Å². The Balaban J connectivity index is 1.55. The van der Waals surface area contributed by atoms with Crippen LogP contribution in [0.15, 0.2) is 57.9 Å². The van der Waals surface area contributed by atoms with E-state index in [0.29, 0.717) is 6.10 Å². The molecule has 0 aromatic heterocycles. The van der Waals surface area contributed by atoms with Gasteiger partial charge in [-0.3, -0.25) is 0 Å². The van der Waals surface area contributed by atoms with Crippen LogP contribution in [0.5, 0.6) is 5.75 Å². The molecular weight excluding hydrogens is 346 g/mol. The Bertz CT molecular complexity index is 598. The number of halogens is 1. The summed E-state index contributed by atoms with van der Waals surface area (Å²) in [5.41, 5.74) is 7.42. The Hall–Kier alpha value is -0.970. The molecule has 2 aromatic rings. The molecule has 0 saturated heterocycles. The van der Waals surface area contributed by atoms with Crippen LogP contribution in [0.25, 0.3) is 0 Å². The summed E-state index contributed by atoms with van der Waals surface area (Å²) < 4.78 is 6.85. The molecular formula is C17H18BrNOS. The first kappa shape index (κ1) is 14.9. The van der Waals surface area contributed by atoms with E-state index < -0.39 is 0 Å². The molecule has 1 aliphatic carbocycles. The van der Waals surface area contributed by atoms with Crippen molar-refractivity contribution < 1.29 is 4.74 Å². The van der Waals surface area contributed by atoms with Crippen LogP contribution in [-0.4, -0.2) is 11.9 Å². The molecule has 2 nitrogen and oxygen atoms in total. The van der Waals surface area contributed by atoms with Gasteiger partial charge in [-0.15, -0.1) is 11.8 Å². The topological polar surface area (TPSA) is 35.2 Å². The lowest BCUT2D eigenvalue weighted by molar-refractivity contribution is 0.303. The molecule has 0 amide bonds. The van der Waals surface area contributed by atoms with Crippen molar-refractivity contribution in [2.24, 2.45) is 5.73 Å². The third-order valence-corrected chi connectivity index (χ3v) is 4.97. The maximum atomic E-state index is 6.27. The summed E-state index contributed by atoms with van der Waals surface area (Å²) in [7, 11) is 0. The third kappa shape index (κ3) is 4.50. The predicted molar refractivity (Wildman–Crippen MR) is 91.9 cm³/mol. The van der Waals surface area contributed by atoms with E-state index in [4.69, 9.17) is 10.5 Å². The zero-order chi connectivity index (χ0) is 14.7. The van der Waals surface area contributed by atoms with Gasteiger partial charge in [0, 0.05) is 21.2 Å². The highest BCUT2D eigenvalue weighted by atomic mass is 79.9. The van der Waals surface area contributed by atoms with Crippen molar-refractivity contribution in [2.45, 2.75) is 29.9 Å². The fraction of sp³-hybridized carbons (Fsp3) is 0.294. The summed E-state index contributed by atoms with van der Waals surface area (Å²) in [4.78, 5) is 1.23. The Labute approximate surface area is 138 Å². The molecule has 2 aromatic carbocycles. The van der Waals surface area contributed by atoms with Crippen LogP contribution < -0.4 is 10.5 Å². The first-order valence-electron chi connectivity index (χ1n) is 7.11. The van der Waals surface area contributed by atoms with Crippen molar-refractivity contribution in [3.8, 4) is 5.75 Å². The summed E-state index contributed by atoms with van der Waals surface area (Å²) in [5, 5.41) is 0. The molecule has 1 aliphatic rings. The summed E-state index contributed by atoms with van der Waals surface area (Å²) >= 11 is 5.26. The van der Waals surface area contributed by atoms with Gasteiger partial charge in [0.05, 0.1) is 6.10 Å². The van der Waals surface area contributed by atoms with Crippen molar-refractivity contribution in [1.82, 2.24) is 0 Å². The first-order valence-corrected chi connectivity index (χ1v) is 8.89. The number of thioether (sulfide) groups is 1. The van der Waals surface area contributed by atoms with Gasteiger partial charge < -0.3 is 10.5 Å². The second-order valence-corrected chi connectivity index (χ2v) is 7.27. The Morgan fingerprint density at radius 1 is 1.19 bits per heavy atom. The minimum Gasteiger partial charge on any atom is -0.490 e. The number of nitrogens with two attached hydrogens (primary N) is 1. The maximum absolute atomic E-state index is 6.27. The maximum Gasteiger partial charge on any atom is 0.119 e. The number of benzene rings is 2. The highest BCUT2D eigenvalue weighted by molar-refractivity contribution is 9.10. The fourth-order valence-electron chi connectivity index (χ4n) is 2.01. The molecule has 2 N–H and O–H groups in total. The lowest BCUT2D eigenvalue weighted by atomic mass is 10.1. The Morgan fingerprint density at radius 2 is 1.95 bits per heavy atom. The molecule has 4 heteroatoms. The third-order valence-electron chi connectivity index (χ3n) is 3.36. The lowest BCUT2D eigenvalue weighted by Crippen LogP contribution is -2.12. The van der Waals surface area contributed by atoms with E-state index >= 15 is 0 Å². The molecule has 0 radical (unpaired) electrons. The molecule has 0 bridgehead atoms. The standard InChI is InChI=1S/C17H18BrNOS/c18-13-2-1-3-16(10-13)21-11-17(19)12-4-6-14(7-5-12)20-15-8-9-15/h1-7,10,15,17H,8-9,11,19H2. The number of hydrogen-bond acceptors (Lipinski definition) is 3. The number of ether oxygens (including phenoxy) is 1. The molecule has 0 heterocycles. The summed E-state index contributed by atoms with van der Waals surface area (Å²) in [6.45, 7) is 0. The van der Waals surface area contributed by atoms with Crippen molar-refractivity contribution in [3.63, 3.8) is 0 Å². The molecule has 0 aliphatic heterocycles. The molecule has 0 spiro atoms. The van der Waals surface area contributed by atoms with Gasteiger partial charge in [-0.1, -0.05) is 34.1 Å². The summed E-state index contributed by atoms with van der Waals surface area (Å²) in [5.74, 6) is 1.81. The quantitative estimate of drug-likeness (QED) is 0.749. The second-order valence-electron chi connectivity index (χ2n) is 5.26. The molecule has 1 fully saturated rings. The number of rotatable bonds is 6. The lowest BCUT2D eigenvalue weighted by Gasteiger charge is -2.13. The molecule has 1 unspecified atom stereocenters. The Kier molecular flexibility index (Phi) is 4.88. The Morgan fingerprint density at radius 3 is 2.62 bits per heavy atom. The van der Waals surface area contributed by atoms with E-state index in [1.54, 1.807) is 11.8 Å². The fourth-order valence-corrected chi connectivity index (χ4v) is 3.51. The monoisotopic (exact) mass is 363 g/mol. The van der Waals surface area contributed by atoms with E-state index in [-0.39, 0.29) is 6.04 Å². The zero-order valence-corrected chi connectivity index (χ0v) is 14.1. The van der Waals surface area contributed by atoms with Crippen molar-refractivity contribution in [2.75, 3.05) is 5.75 Å². The van der Waals surface area contributed by atoms with Crippen LogP contribution in [0.1, 0.15) is 24.4 Å². The van der Waals surface area contributed by atoms with Gasteiger partial charge in [0.15, 0.2) is 0 Å². The minimum absolute atomic E-state index is 0.0314. The van der Waals surface area contributed by atoms with Gasteiger partial charge in [0.2, 0.25) is 0 Å². The van der Waals surface area contributed by atoms with Gasteiger partial charge >= 0.3 is 0 Å². The van der Waals surface area contributed by atoms with Crippen molar-refractivity contribution >= 4 is 27.7 Å². The van der Waals surface area contributed by atoms with Crippen LogP contribution in [-0.2, 0) is 0 Å². The molecule has 1 atom stereocenters. The first-order chi connectivity index (χ1) is 10.2. The van der Waals surface area contributed by atoms with Gasteiger partial charge in [-0.25, -0.2) is 0 Å². The SMILES string of the molecule is NC(CSc1cccc(Br)c1)c1ccc(OC2CC2)cc1. The minimum atomic E-state index is 0.0314. The van der Waals surface area contributed by atoms with Crippen LogP contribution >= 0.6 is 27.7 Å². The van der Waals surface area contributed by atoms with Crippen molar-refractivity contribution in [1.29, 1.82) is 0 Å². The smallest absolute Gasteiger partial charge is 0.119 e. The van der Waals surface area contributed by atoms with Crippen LogP contribution in [0.3, 0.4) is 0 Å². The highest BCUT2D eigenvalue weighted by Gasteiger charge is 2.23. The molecule has 110 valence electrons. The molecule has 3 rings (SSSR count). The van der Waals surface area contributed by atoms with Crippen LogP contribution in [0.2, 0.25) is 0 Å². The largest absolute Gasteiger partial charge is 0.490 e. The second kappa shape index (κ2) is 6.86. The number of hydrogen-bond donors (Lipinski definition) is 1. The van der Waals surface area contributed by atoms with E-state index in [9.17, 15) is 0 Å². The van der Waals surface area contributed by atoms with E-state index in [0.717, 1.165) is 21.5 Å². The highest BCUT2D eigenvalue weighted by Crippen LogP contribution is 2.29. The van der Waals surface area contributed by atoms with E-state index in [2.05, 4.69) is 40.2 Å². The molecule has 21 heavy (non-hydrogen) atoms. The van der Waals surface area contributed by atoms with Gasteiger partial charge in [0.1, 0.15) is 5.75 Å². The van der Waals surface area contributed by atoms with Crippen LogP contribution in [0, 0.1) is 0 Å². The van der Waals surface area contributed by atoms with Gasteiger partial charge in [-0.05, 0) is 48.7 Å². The zero-order valence-electron chi connectivity index (χ0n) is 11.7. The van der Waals surface area contributed by atoms with Gasteiger partial charge in [-0.2, -0.15) is 0 Å². The van der Waals surface area contributed by atoms with Gasteiger partial charge in [0.25, 0.3) is 0 Å². The summed E-state index contributed by atoms with van der Waals surface area (Å²) in [6.07, 6.45) is 2.81.